The molecule has 1 atom stereocenters. The van der Waals surface area contributed by atoms with E-state index >= 15 is 0 Å². The fourth-order valence-corrected chi connectivity index (χ4v) is 2.45. The van der Waals surface area contributed by atoms with E-state index in [1.165, 1.54) is 12.1 Å². The van der Waals surface area contributed by atoms with Crippen molar-refractivity contribution in [2.24, 2.45) is 5.73 Å². The van der Waals surface area contributed by atoms with Gasteiger partial charge in [-0.3, -0.25) is 0 Å². The van der Waals surface area contributed by atoms with Crippen molar-refractivity contribution in [1.29, 1.82) is 0 Å². The van der Waals surface area contributed by atoms with Crippen LogP contribution in [-0.2, 0) is 10.3 Å². The molecule has 1 unspecified atom stereocenters. The van der Waals surface area contributed by atoms with Crippen LogP contribution < -0.4 is 5.73 Å². The summed E-state index contributed by atoms with van der Waals surface area (Å²) in [6.45, 7) is 1.80. The zero-order valence-corrected chi connectivity index (χ0v) is 11.5. The molecule has 0 saturated heterocycles. The van der Waals surface area contributed by atoms with Crippen molar-refractivity contribution in [3.63, 3.8) is 0 Å². The van der Waals surface area contributed by atoms with Gasteiger partial charge in [-0.05, 0) is 24.6 Å². The number of hydrogen-bond acceptors (Lipinski definition) is 2. The summed E-state index contributed by atoms with van der Waals surface area (Å²) in [5.41, 5.74) is 4.86. The first-order valence-corrected chi connectivity index (χ1v) is 6.29. The molecule has 0 saturated carbocycles. The number of aliphatic carboxylic acids is 1. The van der Waals surface area contributed by atoms with E-state index in [-0.39, 0.29) is 16.1 Å². The number of hydrogen-bond donors (Lipinski definition) is 2. The van der Waals surface area contributed by atoms with Crippen LogP contribution in [0.1, 0.15) is 16.7 Å². The van der Waals surface area contributed by atoms with Gasteiger partial charge in [0.05, 0.1) is 0 Å². The number of halogens is 2. The van der Waals surface area contributed by atoms with Crippen molar-refractivity contribution >= 4 is 17.6 Å². The second-order valence-electron chi connectivity index (χ2n) is 4.58. The number of nitrogens with two attached hydrogens (primary N) is 1. The SMILES string of the molecule is Cc1cccc(C(N)(C(=O)O)c2c(F)cccc2Cl)c1. The maximum absolute atomic E-state index is 14.1. The number of carboxylic acids is 1. The zero-order chi connectivity index (χ0) is 14.9. The van der Waals surface area contributed by atoms with Crippen molar-refractivity contribution < 1.29 is 14.3 Å². The monoisotopic (exact) mass is 293 g/mol. The quantitative estimate of drug-likeness (QED) is 0.914. The molecule has 104 valence electrons. The molecule has 0 fully saturated rings. The Hall–Kier alpha value is -1.91. The lowest BCUT2D eigenvalue weighted by Gasteiger charge is -2.27. The van der Waals surface area contributed by atoms with Gasteiger partial charge in [-0.1, -0.05) is 47.5 Å². The van der Waals surface area contributed by atoms with Gasteiger partial charge in [0.1, 0.15) is 5.82 Å². The standard InChI is InChI=1S/C15H13ClFNO2/c1-9-4-2-5-10(8-9)15(18,14(19)20)13-11(16)6-3-7-12(13)17/h2-8H,18H2,1H3,(H,19,20). The van der Waals surface area contributed by atoms with E-state index in [0.29, 0.717) is 0 Å². The zero-order valence-electron chi connectivity index (χ0n) is 10.7. The van der Waals surface area contributed by atoms with Crippen LogP contribution in [0.3, 0.4) is 0 Å². The van der Waals surface area contributed by atoms with Crippen molar-refractivity contribution in [2.75, 3.05) is 0 Å². The third kappa shape index (κ3) is 2.28. The maximum Gasteiger partial charge on any atom is 0.333 e. The highest BCUT2D eigenvalue weighted by Gasteiger charge is 2.42. The van der Waals surface area contributed by atoms with Crippen molar-refractivity contribution in [2.45, 2.75) is 12.5 Å². The smallest absolute Gasteiger partial charge is 0.333 e. The van der Waals surface area contributed by atoms with E-state index < -0.39 is 17.3 Å². The fraction of sp³-hybridized carbons (Fsp3) is 0.133. The predicted octanol–water partition coefficient (Wildman–Crippen LogP) is 3.07. The van der Waals surface area contributed by atoms with Crippen LogP contribution in [0.2, 0.25) is 5.02 Å². The first-order chi connectivity index (χ1) is 9.37. The molecule has 0 aromatic heterocycles. The Morgan fingerprint density at radius 1 is 1.30 bits per heavy atom. The first-order valence-electron chi connectivity index (χ1n) is 5.91. The minimum Gasteiger partial charge on any atom is -0.479 e. The fourth-order valence-electron chi connectivity index (χ4n) is 2.14. The molecule has 20 heavy (non-hydrogen) atoms. The van der Waals surface area contributed by atoms with Crippen molar-refractivity contribution in [3.05, 3.63) is 70.0 Å². The Morgan fingerprint density at radius 3 is 2.50 bits per heavy atom. The van der Waals surface area contributed by atoms with E-state index in [1.807, 2.05) is 0 Å². The third-order valence-electron chi connectivity index (χ3n) is 3.17. The van der Waals surface area contributed by atoms with E-state index in [4.69, 9.17) is 17.3 Å². The number of carbonyl (C=O) groups is 1. The van der Waals surface area contributed by atoms with Crippen LogP contribution in [0, 0.1) is 12.7 Å². The molecule has 0 aliphatic rings. The van der Waals surface area contributed by atoms with E-state index in [0.717, 1.165) is 11.6 Å². The lowest BCUT2D eigenvalue weighted by Crippen LogP contribution is -2.47. The molecule has 0 aliphatic carbocycles. The van der Waals surface area contributed by atoms with Crippen LogP contribution in [0.5, 0.6) is 0 Å². The van der Waals surface area contributed by atoms with Crippen LogP contribution >= 0.6 is 11.6 Å². The number of rotatable bonds is 3. The molecule has 0 aliphatic heterocycles. The molecule has 2 aromatic carbocycles. The molecule has 0 heterocycles. The second-order valence-corrected chi connectivity index (χ2v) is 4.99. The number of aryl methyl sites for hydroxylation is 1. The number of carboxylic acid groups (broad SMARTS) is 1. The summed E-state index contributed by atoms with van der Waals surface area (Å²) in [5, 5.41) is 9.51. The molecule has 0 spiro atoms. The molecule has 0 bridgehead atoms. The van der Waals surface area contributed by atoms with Crippen LogP contribution in [0.25, 0.3) is 0 Å². The van der Waals surface area contributed by atoms with Gasteiger partial charge in [-0.2, -0.15) is 0 Å². The van der Waals surface area contributed by atoms with Gasteiger partial charge >= 0.3 is 5.97 Å². The Bertz CT molecular complexity index is 654. The minimum atomic E-state index is -2.03. The third-order valence-corrected chi connectivity index (χ3v) is 3.48. The lowest BCUT2D eigenvalue weighted by atomic mass is 9.83. The van der Waals surface area contributed by atoms with Gasteiger partial charge in [-0.15, -0.1) is 0 Å². The molecular weight excluding hydrogens is 281 g/mol. The highest BCUT2D eigenvalue weighted by molar-refractivity contribution is 6.31. The largest absolute Gasteiger partial charge is 0.479 e. The Kier molecular flexibility index (Phi) is 3.79. The second kappa shape index (κ2) is 5.23. The summed E-state index contributed by atoms with van der Waals surface area (Å²) < 4.78 is 14.1. The first kappa shape index (κ1) is 14.5. The molecule has 2 rings (SSSR count). The van der Waals surface area contributed by atoms with E-state index in [1.54, 1.807) is 31.2 Å². The topological polar surface area (TPSA) is 63.3 Å². The molecule has 0 amide bonds. The molecule has 2 aromatic rings. The van der Waals surface area contributed by atoms with Gasteiger partial charge in [0.2, 0.25) is 0 Å². The summed E-state index contributed by atoms with van der Waals surface area (Å²) >= 11 is 5.96. The lowest BCUT2D eigenvalue weighted by molar-refractivity contribution is -0.142. The van der Waals surface area contributed by atoms with Gasteiger partial charge in [0, 0.05) is 10.6 Å². The average Bonchev–Trinajstić information content (AvgIpc) is 2.38. The summed E-state index contributed by atoms with van der Waals surface area (Å²) in [7, 11) is 0. The van der Waals surface area contributed by atoms with Crippen molar-refractivity contribution in [3.8, 4) is 0 Å². The average molecular weight is 294 g/mol. The van der Waals surface area contributed by atoms with Gasteiger partial charge in [0.25, 0.3) is 0 Å². The molecule has 3 N–H and O–H groups in total. The predicted molar refractivity (Wildman–Crippen MR) is 75.2 cm³/mol. The van der Waals surface area contributed by atoms with Gasteiger partial charge in [-0.25, -0.2) is 9.18 Å². The Labute approximate surface area is 120 Å². The van der Waals surface area contributed by atoms with Gasteiger partial charge < -0.3 is 10.8 Å². The summed E-state index contributed by atoms with van der Waals surface area (Å²) in [6, 6.07) is 10.6. The highest BCUT2D eigenvalue weighted by atomic mass is 35.5. The minimum absolute atomic E-state index is 0.0172. The van der Waals surface area contributed by atoms with Crippen LogP contribution in [-0.4, -0.2) is 11.1 Å². The van der Waals surface area contributed by atoms with E-state index in [9.17, 15) is 14.3 Å². The van der Waals surface area contributed by atoms with E-state index in [2.05, 4.69) is 0 Å². The Morgan fingerprint density at radius 2 is 1.95 bits per heavy atom. The van der Waals surface area contributed by atoms with Crippen LogP contribution in [0.15, 0.2) is 42.5 Å². The normalized spacial score (nSPS) is 13.8. The van der Waals surface area contributed by atoms with Crippen molar-refractivity contribution in [1.82, 2.24) is 0 Å². The molecular formula is C15H13ClFNO2. The summed E-state index contributed by atoms with van der Waals surface area (Å²) in [6.07, 6.45) is 0. The summed E-state index contributed by atoms with van der Waals surface area (Å²) in [4.78, 5) is 11.7. The van der Waals surface area contributed by atoms with Gasteiger partial charge in [0.15, 0.2) is 5.54 Å². The number of benzene rings is 2. The van der Waals surface area contributed by atoms with Crippen LogP contribution in [0.4, 0.5) is 4.39 Å². The summed E-state index contributed by atoms with van der Waals surface area (Å²) in [5.74, 6) is -2.11. The highest BCUT2D eigenvalue weighted by Crippen LogP contribution is 2.34. The molecule has 5 heteroatoms. The Balaban J connectivity index is 2.77. The molecule has 3 nitrogen and oxygen atoms in total. The maximum atomic E-state index is 14.1. The molecule has 0 radical (unpaired) electrons.